The molecule has 25 heavy (non-hydrogen) atoms. The molecule has 0 heterocycles. The first kappa shape index (κ1) is 19.2. The van der Waals surface area contributed by atoms with Crippen LogP contribution in [0.25, 0.3) is 0 Å². The third-order valence-corrected chi connectivity index (χ3v) is 8.18. The predicted molar refractivity (Wildman–Crippen MR) is 110 cm³/mol. The summed E-state index contributed by atoms with van der Waals surface area (Å²) in [6.45, 7) is 18.3. The first-order valence-electron chi connectivity index (χ1n) is 11.0. The first-order valence-corrected chi connectivity index (χ1v) is 11.0. The number of rotatable bonds is 5. The summed E-state index contributed by atoms with van der Waals surface area (Å²) in [7, 11) is 0. The van der Waals surface area contributed by atoms with Crippen molar-refractivity contribution in [1.82, 2.24) is 4.90 Å². The molecule has 0 radical (unpaired) electrons. The van der Waals surface area contributed by atoms with E-state index in [0.29, 0.717) is 16.7 Å². The van der Waals surface area contributed by atoms with Gasteiger partial charge in [-0.1, -0.05) is 65.7 Å². The van der Waals surface area contributed by atoms with Crippen LogP contribution < -0.4 is 0 Å². The lowest BCUT2D eigenvalue weighted by molar-refractivity contribution is -0.0628. The van der Waals surface area contributed by atoms with E-state index in [2.05, 4.69) is 58.6 Å². The lowest BCUT2D eigenvalue weighted by atomic mass is 9.47. The van der Waals surface area contributed by atoms with Gasteiger partial charge in [-0.05, 0) is 79.4 Å². The monoisotopic (exact) mass is 343 g/mol. The molecule has 3 aliphatic rings. The summed E-state index contributed by atoms with van der Waals surface area (Å²) in [5.41, 5.74) is 4.39. The molecule has 1 nitrogen and oxygen atoms in total. The summed E-state index contributed by atoms with van der Waals surface area (Å²) in [6, 6.07) is 0. The topological polar surface area (TPSA) is 3.24 Å². The van der Waals surface area contributed by atoms with Gasteiger partial charge in [0, 0.05) is 6.54 Å². The molecule has 0 aromatic rings. The Bertz CT molecular complexity index is 538. The summed E-state index contributed by atoms with van der Waals surface area (Å²) in [4.78, 5) is 2.67. The van der Waals surface area contributed by atoms with Crippen molar-refractivity contribution in [3.05, 3.63) is 23.3 Å². The van der Waals surface area contributed by atoms with Crippen LogP contribution in [0.4, 0.5) is 0 Å². The van der Waals surface area contributed by atoms with Crippen molar-refractivity contribution in [3.8, 4) is 0 Å². The lowest BCUT2D eigenvalue weighted by Crippen LogP contribution is -2.53. The van der Waals surface area contributed by atoms with Crippen molar-refractivity contribution < 1.29 is 0 Å². The average Bonchev–Trinajstić information content (AvgIpc) is 2.59. The molecule has 1 heteroatoms. The van der Waals surface area contributed by atoms with Gasteiger partial charge in [-0.3, -0.25) is 0 Å². The SMILES string of the molecule is CCN(CC)C[C@]1(C)CCC[C@]2(C)[C@H]3CCC(C(C)C)=CC3=CC[C@@H]12. The van der Waals surface area contributed by atoms with E-state index in [4.69, 9.17) is 0 Å². The van der Waals surface area contributed by atoms with Gasteiger partial charge in [0.25, 0.3) is 0 Å². The van der Waals surface area contributed by atoms with E-state index < -0.39 is 0 Å². The Hall–Kier alpha value is -0.560. The molecular formula is C24H41N. The Morgan fingerprint density at radius 1 is 1.16 bits per heavy atom. The molecule has 1 saturated carbocycles. The first-order chi connectivity index (χ1) is 11.8. The van der Waals surface area contributed by atoms with Gasteiger partial charge >= 0.3 is 0 Å². The quantitative estimate of drug-likeness (QED) is 0.553. The highest BCUT2D eigenvalue weighted by Crippen LogP contribution is 2.62. The van der Waals surface area contributed by atoms with Crippen LogP contribution in [-0.4, -0.2) is 24.5 Å². The zero-order valence-corrected chi connectivity index (χ0v) is 17.7. The van der Waals surface area contributed by atoms with E-state index in [1.165, 1.54) is 58.2 Å². The Morgan fingerprint density at radius 3 is 2.52 bits per heavy atom. The van der Waals surface area contributed by atoms with E-state index in [0.717, 1.165) is 11.8 Å². The van der Waals surface area contributed by atoms with Crippen LogP contribution in [0.2, 0.25) is 0 Å². The van der Waals surface area contributed by atoms with Gasteiger partial charge in [0.1, 0.15) is 0 Å². The smallest absolute Gasteiger partial charge is 0.00381 e. The van der Waals surface area contributed by atoms with Gasteiger partial charge in [0.15, 0.2) is 0 Å². The fourth-order valence-corrected chi connectivity index (χ4v) is 6.62. The van der Waals surface area contributed by atoms with Gasteiger partial charge in [-0.25, -0.2) is 0 Å². The molecule has 0 N–H and O–H groups in total. The van der Waals surface area contributed by atoms with Crippen LogP contribution in [0.1, 0.15) is 80.1 Å². The fourth-order valence-electron chi connectivity index (χ4n) is 6.62. The van der Waals surface area contributed by atoms with E-state index in [-0.39, 0.29) is 0 Å². The highest BCUT2D eigenvalue weighted by atomic mass is 15.1. The highest BCUT2D eigenvalue weighted by molar-refractivity contribution is 5.35. The molecule has 0 bridgehead atoms. The number of allylic oxidation sites excluding steroid dienone is 4. The van der Waals surface area contributed by atoms with Crippen LogP contribution >= 0.6 is 0 Å². The molecule has 0 aromatic carbocycles. The maximum absolute atomic E-state index is 2.67. The van der Waals surface area contributed by atoms with E-state index in [9.17, 15) is 0 Å². The second-order valence-electron chi connectivity index (χ2n) is 9.93. The number of fused-ring (bicyclic) bond motifs is 3. The van der Waals surface area contributed by atoms with Crippen molar-refractivity contribution in [2.45, 2.75) is 80.1 Å². The Balaban J connectivity index is 1.90. The molecule has 3 aliphatic carbocycles. The molecule has 0 aromatic heterocycles. The molecule has 1 fully saturated rings. The summed E-state index contributed by atoms with van der Waals surface area (Å²) in [5, 5.41) is 0. The molecule has 0 unspecified atom stereocenters. The molecule has 142 valence electrons. The Morgan fingerprint density at radius 2 is 1.88 bits per heavy atom. The number of hydrogen-bond donors (Lipinski definition) is 0. The molecule has 0 saturated heterocycles. The van der Waals surface area contributed by atoms with Crippen LogP contribution in [-0.2, 0) is 0 Å². The standard InChI is InChI=1S/C24H41N/c1-7-25(8-2)17-23(5)14-9-15-24(6)21-12-10-19(18(3)4)16-20(21)11-13-22(23)24/h11,16,18,21-22H,7-10,12-15,17H2,1-6H3/t21-,22-,23-,24+/m0/s1. The van der Waals surface area contributed by atoms with Crippen LogP contribution in [0.5, 0.6) is 0 Å². The maximum Gasteiger partial charge on any atom is 0.00381 e. The maximum atomic E-state index is 2.67. The van der Waals surface area contributed by atoms with E-state index >= 15 is 0 Å². The zero-order chi connectivity index (χ0) is 18.2. The summed E-state index contributed by atoms with van der Waals surface area (Å²) in [6.07, 6.45) is 13.6. The largest absolute Gasteiger partial charge is 0.303 e. The van der Waals surface area contributed by atoms with E-state index in [1.54, 1.807) is 11.1 Å². The Labute approximate surface area is 156 Å². The van der Waals surface area contributed by atoms with Gasteiger partial charge in [-0.2, -0.15) is 0 Å². The van der Waals surface area contributed by atoms with E-state index in [1.807, 2.05) is 0 Å². The zero-order valence-electron chi connectivity index (χ0n) is 17.7. The molecule has 4 atom stereocenters. The lowest BCUT2D eigenvalue weighted by Gasteiger charge is -2.59. The summed E-state index contributed by atoms with van der Waals surface area (Å²) < 4.78 is 0. The summed E-state index contributed by atoms with van der Waals surface area (Å²) >= 11 is 0. The average molecular weight is 344 g/mol. The minimum atomic E-state index is 0.489. The van der Waals surface area contributed by atoms with Crippen molar-refractivity contribution in [1.29, 1.82) is 0 Å². The number of hydrogen-bond acceptors (Lipinski definition) is 1. The summed E-state index contributed by atoms with van der Waals surface area (Å²) in [5.74, 6) is 2.38. The minimum absolute atomic E-state index is 0.489. The second kappa shape index (κ2) is 7.22. The van der Waals surface area contributed by atoms with Gasteiger partial charge < -0.3 is 4.90 Å². The number of nitrogens with zero attached hydrogens (tertiary/aromatic N) is 1. The third-order valence-electron chi connectivity index (χ3n) is 8.18. The third kappa shape index (κ3) is 3.38. The van der Waals surface area contributed by atoms with Gasteiger partial charge in [0.05, 0.1) is 0 Å². The fraction of sp³-hybridized carbons (Fsp3) is 0.833. The molecule has 0 amide bonds. The van der Waals surface area contributed by atoms with Crippen LogP contribution in [0.3, 0.4) is 0 Å². The minimum Gasteiger partial charge on any atom is -0.303 e. The van der Waals surface area contributed by atoms with Gasteiger partial charge in [0.2, 0.25) is 0 Å². The molecule has 0 spiro atoms. The van der Waals surface area contributed by atoms with Crippen LogP contribution in [0, 0.1) is 28.6 Å². The highest BCUT2D eigenvalue weighted by Gasteiger charge is 2.54. The van der Waals surface area contributed by atoms with Crippen molar-refractivity contribution in [2.75, 3.05) is 19.6 Å². The van der Waals surface area contributed by atoms with Crippen molar-refractivity contribution in [2.24, 2.45) is 28.6 Å². The Kier molecular flexibility index (Phi) is 5.55. The molecule has 3 rings (SSSR count). The molecular weight excluding hydrogens is 302 g/mol. The van der Waals surface area contributed by atoms with Crippen molar-refractivity contribution in [3.63, 3.8) is 0 Å². The second-order valence-corrected chi connectivity index (χ2v) is 9.93. The molecule has 0 aliphatic heterocycles. The van der Waals surface area contributed by atoms with Crippen molar-refractivity contribution >= 4 is 0 Å². The van der Waals surface area contributed by atoms with Gasteiger partial charge in [-0.15, -0.1) is 0 Å². The predicted octanol–water partition coefficient (Wildman–Crippen LogP) is 6.46. The normalized spacial score (nSPS) is 38.2. The van der Waals surface area contributed by atoms with Crippen LogP contribution in [0.15, 0.2) is 23.3 Å².